The third-order valence-electron chi connectivity index (χ3n) is 4.08. The zero-order chi connectivity index (χ0) is 24.1. The van der Waals surface area contributed by atoms with E-state index in [0.717, 1.165) is 36.0 Å². The maximum atomic E-state index is 12.8. The van der Waals surface area contributed by atoms with Crippen molar-refractivity contribution in [1.82, 2.24) is 0 Å². The van der Waals surface area contributed by atoms with Crippen molar-refractivity contribution in [2.45, 2.75) is 36.8 Å². The Kier molecular flexibility index (Phi) is 8.60. The Morgan fingerprint density at radius 1 is 1.19 bits per heavy atom. The summed E-state index contributed by atoms with van der Waals surface area (Å²) in [4.78, 5) is 22.8. The average Bonchev–Trinajstić information content (AvgIpc) is 2.66. The van der Waals surface area contributed by atoms with Crippen LogP contribution in [0.2, 0.25) is 30.7 Å². The molecule has 0 amide bonds. The maximum absolute atomic E-state index is 12.8. The molecule has 0 saturated heterocycles. The van der Waals surface area contributed by atoms with Crippen molar-refractivity contribution in [3.8, 4) is 11.5 Å². The highest BCUT2D eigenvalue weighted by Gasteiger charge is 2.31. The van der Waals surface area contributed by atoms with Crippen LogP contribution in [0, 0.1) is 10.1 Å². The van der Waals surface area contributed by atoms with E-state index < -0.39 is 30.7 Å². The lowest BCUT2D eigenvalue weighted by atomic mass is 10.2. The molecule has 0 unspecified atom stereocenters. The summed E-state index contributed by atoms with van der Waals surface area (Å²) in [5, 5.41) is 11.1. The Morgan fingerprint density at radius 3 is 2.44 bits per heavy atom. The number of nitro benzene ring substituents is 1. The molecule has 0 heterocycles. The van der Waals surface area contributed by atoms with Gasteiger partial charge < -0.3 is 9.47 Å². The van der Waals surface area contributed by atoms with Crippen LogP contribution in [0.25, 0.3) is 0 Å². The number of esters is 1. The average molecular weight is 508 g/mol. The number of benzene rings is 2. The highest BCUT2D eigenvalue weighted by Crippen LogP contribution is 2.38. The van der Waals surface area contributed by atoms with Crippen molar-refractivity contribution in [1.29, 1.82) is 0 Å². The predicted molar refractivity (Wildman–Crippen MR) is 119 cm³/mol. The van der Waals surface area contributed by atoms with Crippen molar-refractivity contribution in [3.05, 3.63) is 57.1 Å². The lowest BCUT2D eigenvalue weighted by Crippen LogP contribution is -2.23. The maximum Gasteiger partial charge on any atom is 0.416 e. The molecule has 0 fully saturated rings. The van der Waals surface area contributed by atoms with Crippen molar-refractivity contribution < 1.29 is 32.4 Å². The van der Waals surface area contributed by atoms with Gasteiger partial charge in [-0.15, -0.1) is 11.8 Å². The Labute approximate surface area is 193 Å². The second kappa shape index (κ2) is 10.6. The molecule has 174 valence electrons. The summed E-state index contributed by atoms with van der Waals surface area (Å²) in [5.74, 6) is -0.571. The summed E-state index contributed by atoms with van der Waals surface area (Å²) in [7, 11) is -1.36. The molecule has 2 rings (SSSR count). The van der Waals surface area contributed by atoms with Crippen LogP contribution in [0.3, 0.4) is 0 Å². The number of carbonyl (C=O) groups excluding carboxylic acids is 1. The molecule has 2 aromatic carbocycles. The lowest BCUT2D eigenvalue weighted by Gasteiger charge is -2.15. The van der Waals surface area contributed by atoms with E-state index in [1.165, 1.54) is 18.2 Å². The number of hydrogen-bond donors (Lipinski definition) is 0. The lowest BCUT2D eigenvalue weighted by molar-refractivity contribution is -0.387. The van der Waals surface area contributed by atoms with Crippen molar-refractivity contribution in [3.63, 3.8) is 0 Å². The fourth-order valence-corrected chi connectivity index (χ4v) is 4.14. The molecule has 0 bridgehead atoms. The second-order valence-electron chi connectivity index (χ2n) is 7.95. The number of nitro groups is 1. The molecular weight excluding hydrogens is 487 g/mol. The Balaban J connectivity index is 2.12. The Morgan fingerprint density at radius 2 is 1.88 bits per heavy atom. The molecule has 0 radical (unpaired) electrons. The van der Waals surface area contributed by atoms with Crippen molar-refractivity contribution in [2.24, 2.45) is 0 Å². The number of nitrogens with zero attached hydrogens (tertiary/aromatic N) is 1. The van der Waals surface area contributed by atoms with Crippen LogP contribution in [0.4, 0.5) is 18.9 Å². The first-order valence-corrected chi connectivity index (χ1v) is 14.4. The van der Waals surface area contributed by atoms with E-state index >= 15 is 0 Å². The highest BCUT2D eigenvalue weighted by molar-refractivity contribution is 8.00. The summed E-state index contributed by atoms with van der Waals surface area (Å²) in [6.45, 7) is 6.74. The van der Waals surface area contributed by atoms with Crippen LogP contribution in [0.5, 0.6) is 11.5 Å². The summed E-state index contributed by atoms with van der Waals surface area (Å²) in [6, 6.07) is 7.23. The van der Waals surface area contributed by atoms with Crippen LogP contribution in [-0.4, -0.2) is 31.3 Å². The molecule has 32 heavy (non-hydrogen) atoms. The standard InChI is InChI=1S/C20H21ClF3NO5SSi/c1-32(2,3)9-8-29-19(26)12-31-18-11-14(5-6-16(18)25(27)28)30-17-7-4-13(10-15(17)21)20(22,23)24/h4-7,10-11H,8-9,12H2,1-3H3. The molecule has 0 atom stereocenters. The summed E-state index contributed by atoms with van der Waals surface area (Å²) in [5.41, 5.74) is -1.17. The van der Waals surface area contributed by atoms with Gasteiger partial charge in [0.05, 0.1) is 32.8 Å². The summed E-state index contributed by atoms with van der Waals surface area (Å²) >= 11 is 6.80. The Hall–Kier alpha value is -2.24. The molecule has 2 aromatic rings. The minimum Gasteiger partial charge on any atom is -0.465 e. The number of alkyl halides is 3. The van der Waals surface area contributed by atoms with Gasteiger partial charge in [0.25, 0.3) is 5.69 Å². The van der Waals surface area contributed by atoms with Gasteiger partial charge in [-0.05, 0) is 30.3 Å². The molecule has 0 spiro atoms. The van der Waals surface area contributed by atoms with Crippen molar-refractivity contribution in [2.75, 3.05) is 12.4 Å². The number of ether oxygens (including phenoxy) is 2. The number of rotatable bonds is 9. The van der Waals surface area contributed by atoms with Gasteiger partial charge in [0, 0.05) is 20.2 Å². The van der Waals surface area contributed by atoms with E-state index in [0.29, 0.717) is 6.61 Å². The van der Waals surface area contributed by atoms with E-state index in [4.69, 9.17) is 21.1 Å². The summed E-state index contributed by atoms with van der Waals surface area (Å²) in [6.07, 6.45) is -4.55. The Bertz CT molecular complexity index is 998. The van der Waals surface area contributed by atoms with E-state index in [1.54, 1.807) is 0 Å². The smallest absolute Gasteiger partial charge is 0.416 e. The molecule has 0 saturated carbocycles. The summed E-state index contributed by atoms with van der Waals surface area (Å²) < 4.78 is 49.0. The first kappa shape index (κ1) is 26.0. The fourth-order valence-electron chi connectivity index (χ4n) is 2.36. The van der Waals surface area contributed by atoms with Crippen LogP contribution in [-0.2, 0) is 15.7 Å². The van der Waals surface area contributed by atoms with Gasteiger partial charge in [0.2, 0.25) is 0 Å². The van der Waals surface area contributed by atoms with Gasteiger partial charge in [0.1, 0.15) is 11.5 Å². The first-order chi connectivity index (χ1) is 14.8. The quantitative estimate of drug-likeness (QED) is 0.119. The SMILES string of the molecule is C[Si](C)(C)CCOC(=O)CSc1cc(Oc2ccc(C(F)(F)F)cc2Cl)ccc1[N+](=O)[O-]. The molecule has 0 aliphatic carbocycles. The van der Waals surface area contributed by atoms with Crippen LogP contribution >= 0.6 is 23.4 Å². The molecule has 6 nitrogen and oxygen atoms in total. The second-order valence-corrected chi connectivity index (χ2v) is 15.0. The van der Waals surface area contributed by atoms with Gasteiger partial charge in [-0.1, -0.05) is 31.2 Å². The molecule has 0 aliphatic heterocycles. The van der Waals surface area contributed by atoms with Gasteiger partial charge >= 0.3 is 12.1 Å². The van der Waals surface area contributed by atoms with Gasteiger partial charge in [-0.2, -0.15) is 13.2 Å². The monoisotopic (exact) mass is 507 g/mol. The van der Waals surface area contributed by atoms with Crippen LogP contribution in [0.1, 0.15) is 5.56 Å². The number of hydrogen-bond acceptors (Lipinski definition) is 6. The molecule has 0 aromatic heterocycles. The van der Waals surface area contributed by atoms with Gasteiger partial charge in [-0.25, -0.2) is 0 Å². The van der Waals surface area contributed by atoms with E-state index in [-0.39, 0.29) is 32.9 Å². The van der Waals surface area contributed by atoms with E-state index in [1.807, 2.05) is 0 Å². The zero-order valence-electron chi connectivity index (χ0n) is 17.5. The van der Waals surface area contributed by atoms with Crippen LogP contribution < -0.4 is 4.74 Å². The topological polar surface area (TPSA) is 78.7 Å². The van der Waals surface area contributed by atoms with Crippen molar-refractivity contribution >= 4 is 43.1 Å². The normalized spacial score (nSPS) is 11.8. The highest BCUT2D eigenvalue weighted by atomic mass is 35.5. The van der Waals surface area contributed by atoms with Gasteiger partial charge in [-0.3, -0.25) is 14.9 Å². The zero-order valence-corrected chi connectivity index (χ0v) is 20.1. The van der Waals surface area contributed by atoms with Crippen LogP contribution in [0.15, 0.2) is 41.3 Å². The predicted octanol–water partition coefficient (Wildman–Crippen LogP) is 7.03. The van der Waals surface area contributed by atoms with Gasteiger partial charge in [0.15, 0.2) is 0 Å². The first-order valence-electron chi connectivity index (χ1n) is 9.38. The number of carbonyl (C=O) groups is 1. The van der Waals surface area contributed by atoms with E-state index in [9.17, 15) is 28.1 Å². The largest absolute Gasteiger partial charge is 0.465 e. The third-order valence-corrected chi connectivity index (χ3v) is 7.09. The minimum atomic E-state index is -4.55. The molecule has 0 N–H and O–H groups in total. The van der Waals surface area contributed by atoms with E-state index in [2.05, 4.69) is 19.6 Å². The number of thioether (sulfide) groups is 1. The fraction of sp³-hybridized carbons (Fsp3) is 0.350. The molecular formula is C20H21ClF3NO5SSi. The minimum absolute atomic E-state index is 0.0461. The number of halogens is 4. The molecule has 0 aliphatic rings. The molecule has 12 heteroatoms. The third kappa shape index (κ3) is 8.03.